The Morgan fingerprint density at radius 3 is 1.00 bits per heavy atom. The van der Waals surface area contributed by atoms with E-state index in [1.165, 1.54) is 0 Å². The lowest BCUT2D eigenvalue weighted by molar-refractivity contribution is -0.159. The van der Waals surface area contributed by atoms with E-state index in [4.69, 9.17) is 19.8 Å². The minimum atomic E-state index is -1.82. The van der Waals surface area contributed by atoms with Crippen LogP contribution < -0.4 is 12.3 Å². The molecule has 0 bridgehead atoms. The predicted octanol–water partition coefficient (Wildman–Crippen LogP) is -0.0920. The van der Waals surface area contributed by atoms with Gasteiger partial charge in [-0.1, -0.05) is 0 Å². The van der Waals surface area contributed by atoms with Gasteiger partial charge in [-0.3, -0.25) is 0 Å². The number of quaternary nitrogens is 2. The van der Waals surface area contributed by atoms with E-state index in [0.717, 1.165) is 0 Å². The summed E-state index contributed by atoms with van der Waals surface area (Å²) in [5.41, 5.74) is 0. The molecule has 0 fully saturated rings. The van der Waals surface area contributed by atoms with Gasteiger partial charge in [0.25, 0.3) is 0 Å². The molecule has 0 saturated carbocycles. The van der Waals surface area contributed by atoms with Crippen LogP contribution in [-0.4, -0.2) is 22.2 Å². The van der Waals surface area contributed by atoms with Crippen LogP contribution in [0.25, 0.3) is 0 Å². The highest BCUT2D eigenvalue weighted by Gasteiger charge is 2.04. The van der Waals surface area contributed by atoms with Crippen LogP contribution in [0, 0.1) is 0 Å². The topological polar surface area (TPSA) is 148 Å². The molecule has 6 heteroatoms. The Morgan fingerprint density at radius 2 is 1.00 bits per heavy atom. The Labute approximate surface area is 45.3 Å². The van der Waals surface area contributed by atoms with Gasteiger partial charge in [0.15, 0.2) is 0 Å². The van der Waals surface area contributed by atoms with Crippen molar-refractivity contribution in [3.63, 3.8) is 0 Å². The van der Waals surface area contributed by atoms with Crippen molar-refractivity contribution in [3.05, 3.63) is 0 Å². The van der Waals surface area contributed by atoms with E-state index in [0.29, 0.717) is 0 Å². The Hall–Kier alpha value is -1.14. The molecule has 0 rings (SSSR count). The Kier molecular flexibility index (Phi) is 11.6. The van der Waals surface area contributed by atoms with Crippen LogP contribution in [0.2, 0.25) is 0 Å². The molecule has 8 heavy (non-hydrogen) atoms. The Morgan fingerprint density at radius 1 is 0.875 bits per heavy atom. The number of carbonyl (C=O) groups is 2. The summed E-state index contributed by atoms with van der Waals surface area (Å²) in [6, 6.07) is 0. The third kappa shape index (κ3) is 8.85. The van der Waals surface area contributed by atoms with Crippen molar-refractivity contribution in [1.82, 2.24) is 12.3 Å². The van der Waals surface area contributed by atoms with Crippen molar-refractivity contribution in [2.75, 3.05) is 0 Å². The van der Waals surface area contributed by atoms with Gasteiger partial charge in [0.05, 0.1) is 0 Å². The van der Waals surface area contributed by atoms with E-state index in [1.807, 2.05) is 0 Å². The molecule has 0 radical (unpaired) electrons. The van der Waals surface area contributed by atoms with Crippen LogP contribution >= 0.6 is 0 Å². The first-order valence-corrected chi connectivity index (χ1v) is 1.11. The monoisotopic (exact) mass is 126 g/mol. The maximum atomic E-state index is 9.10. The number of carboxylic acid groups (broad SMARTS) is 2. The molecule has 10 N–H and O–H groups in total. The minimum absolute atomic E-state index is 0. The second-order valence-electron chi connectivity index (χ2n) is 0.610. The third-order valence-corrected chi connectivity index (χ3v) is 0.183. The van der Waals surface area contributed by atoms with Gasteiger partial charge in [-0.2, -0.15) is 0 Å². The molecule has 50 valence electrons. The molecule has 0 aromatic carbocycles. The van der Waals surface area contributed by atoms with Crippen molar-refractivity contribution >= 4 is 11.9 Å². The van der Waals surface area contributed by atoms with Crippen LogP contribution in [0.15, 0.2) is 0 Å². The molecule has 0 saturated heterocycles. The second kappa shape index (κ2) is 5.86. The molecular weight excluding hydrogens is 116 g/mol. The molecular formula is C2H10N2O4+2. The van der Waals surface area contributed by atoms with Crippen molar-refractivity contribution in [3.8, 4) is 0 Å². The van der Waals surface area contributed by atoms with Gasteiger partial charge in [-0.15, -0.1) is 0 Å². The average molecular weight is 126 g/mol. The SMILES string of the molecule is O=C(O)C(=O)O.[NH4+].[NH4+]. The number of aliphatic carboxylic acids is 2. The van der Waals surface area contributed by atoms with Crippen LogP contribution in [0.4, 0.5) is 0 Å². The van der Waals surface area contributed by atoms with Gasteiger partial charge >= 0.3 is 11.9 Å². The van der Waals surface area contributed by atoms with E-state index in [9.17, 15) is 0 Å². The zero-order chi connectivity index (χ0) is 5.15. The lowest BCUT2D eigenvalue weighted by Gasteiger charge is -1.72. The van der Waals surface area contributed by atoms with Crippen LogP contribution in [0.1, 0.15) is 0 Å². The fourth-order valence-corrected chi connectivity index (χ4v) is 0. The molecule has 0 spiro atoms. The molecule has 0 aromatic rings. The molecule has 0 amide bonds. The number of carboxylic acids is 2. The summed E-state index contributed by atoms with van der Waals surface area (Å²) >= 11 is 0. The maximum Gasteiger partial charge on any atom is 0.414 e. The maximum absolute atomic E-state index is 9.10. The van der Waals surface area contributed by atoms with Gasteiger partial charge in [-0.05, 0) is 0 Å². The molecule has 0 unspecified atom stereocenters. The third-order valence-electron chi connectivity index (χ3n) is 0.183. The fourth-order valence-electron chi connectivity index (χ4n) is 0. The fraction of sp³-hybridized carbons (Fsp3) is 0. The van der Waals surface area contributed by atoms with E-state index in [-0.39, 0.29) is 12.3 Å². The number of rotatable bonds is 0. The smallest absolute Gasteiger partial charge is 0.414 e. The standard InChI is InChI=1S/C2H2O4.2H3N/c3-1(4)2(5)6;;/h(H,3,4)(H,5,6);2*1H3/p+2. The largest absolute Gasteiger partial charge is 0.473 e. The zero-order valence-electron chi connectivity index (χ0n) is 4.71. The minimum Gasteiger partial charge on any atom is -0.473 e. The van der Waals surface area contributed by atoms with Crippen LogP contribution in [0.3, 0.4) is 0 Å². The molecule has 0 atom stereocenters. The highest BCUT2D eigenvalue weighted by molar-refractivity contribution is 6.27. The van der Waals surface area contributed by atoms with Gasteiger partial charge in [0.2, 0.25) is 0 Å². The normalized spacial score (nSPS) is 5.50. The number of hydrogen-bond donors (Lipinski definition) is 4. The van der Waals surface area contributed by atoms with Crippen molar-refractivity contribution in [1.29, 1.82) is 0 Å². The summed E-state index contributed by atoms with van der Waals surface area (Å²) in [6.45, 7) is 0. The molecule has 0 aliphatic heterocycles. The van der Waals surface area contributed by atoms with Crippen molar-refractivity contribution in [2.24, 2.45) is 0 Å². The predicted molar refractivity (Wildman–Crippen MR) is 27.2 cm³/mol. The summed E-state index contributed by atoms with van der Waals surface area (Å²) in [5.74, 6) is -3.65. The molecule has 0 aromatic heterocycles. The summed E-state index contributed by atoms with van der Waals surface area (Å²) in [5, 5.41) is 14.8. The average Bonchev–Trinajstić information content (AvgIpc) is 1.36. The van der Waals surface area contributed by atoms with E-state index < -0.39 is 11.9 Å². The van der Waals surface area contributed by atoms with E-state index in [1.54, 1.807) is 0 Å². The first kappa shape index (κ1) is 15.8. The van der Waals surface area contributed by atoms with E-state index >= 15 is 0 Å². The summed E-state index contributed by atoms with van der Waals surface area (Å²) in [6.07, 6.45) is 0. The first-order valence-electron chi connectivity index (χ1n) is 1.11. The van der Waals surface area contributed by atoms with Crippen LogP contribution in [-0.2, 0) is 9.59 Å². The van der Waals surface area contributed by atoms with Gasteiger partial charge < -0.3 is 22.5 Å². The molecule has 0 heterocycles. The van der Waals surface area contributed by atoms with Crippen molar-refractivity contribution < 1.29 is 19.8 Å². The lowest BCUT2D eigenvalue weighted by atomic mass is 10.7. The van der Waals surface area contributed by atoms with Gasteiger partial charge in [0.1, 0.15) is 0 Å². The quantitative estimate of drug-likeness (QED) is 0.335. The van der Waals surface area contributed by atoms with Crippen LogP contribution in [0.5, 0.6) is 0 Å². The highest BCUT2D eigenvalue weighted by Crippen LogP contribution is 1.56. The summed E-state index contributed by atoms with van der Waals surface area (Å²) < 4.78 is 0. The number of hydrogen-bond acceptors (Lipinski definition) is 2. The zero-order valence-corrected chi connectivity index (χ0v) is 4.71. The Balaban J connectivity index is -0.000000125. The molecule has 6 nitrogen and oxygen atoms in total. The first-order chi connectivity index (χ1) is 2.64. The van der Waals surface area contributed by atoms with E-state index in [2.05, 4.69) is 0 Å². The Bertz CT molecular complexity index is 78.0. The van der Waals surface area contributed by atoms with Gasteiger partial charge in [0, 0.05) is 0 Å². The summed E-state index contributed by atoms with van der Waals surface area (Å²) in [7, 11) is 0. The highest BCUT2D eigenvalue weighted by atomic mass is 16.4. The lowest BCUT2D eigenvalue weighted by Crippen LogP contribution is -2.09. The summed E-state index contributed by atoms with van der Waals surface area (Å²) in [4.78, 5) is 18.2. The molecule has 0 aliphatic carbocycles. The van der Waals surface area contributed by atoms with Gasteiger partial charge in [-0.25, -0.2) is 9.59 Å². The molecule has 0 aliphatic rings. The van der Waals surface area contributed by atoms with Crippen molar-refractivity contribution in [2.45, 2.75) is 0 Å². The second-order valence-corrected chi connectivity index (χ2v) is 0.610.